The molecule has 0 aromatic heterocycles. The van der Waals surface area contributed by atoms with Crippen LogP contribution >= 0.6 is 0 Å². The Morgan fingerprint density at radius 3 is 2.71 bits per heavy atom. The average Bonchev–Trinajstić information content (AvgIpc) is 2.73. The summed E-state index contributed by atoms with van der Waals surface area (Å²) in [5.74, 6) is 0.805. The average molecular weight is 376 g/mol. The molecule has 0 aliphatic carbocycles. The largest absolute Gasteiger partial charge is 0.507 e. The van der Waals surface area contributed by atoms with Crippen molar-refractivity contribution in [3.05, 3.63) is 71.8 Å². The summed E-state index contributed by atoms with van der Waals surface area (Å²) >= 11 is 0. The summed E-state index contributed by atoms with van der Waals surface area (Å²) in [5.41, 5.74) is 4.09. The molecular formula is C23H24N2O3. The summed E-state index contributed by atoms with van der Waals surface area (Å²) in [6.45, 7) is 4.11. The van der Waals surface area contributed by atoms with Crippen LogP contribution in [0.15, 0.2) is 65.8 Å². The van der Waals surface area contributed by atoms with Crippen LogP contribution in [0, 0.1) is 0 Å². The third kappa shape index (κ3) is 4.49. The quantitative estimate of drug-likeness (QED) is 0.468. The number of hydrogen-bond acceptors (Lipinski definition) is 4. The van der Waals surface area contributed by atoms with E-state index >= 15 is 0 Å². The van der Waals surface area contributed by atoms with Gasteiger partial charge in [-0.05, 0) is 40.8 Å². The van der Waals surface area contributed by atoms with E-state index in [4.69, 9.17) is 4.74 Å². The molecular weight excluding hydrogens is 352 g/mol. The summed E-state index contributed by atoms with van der Waals surface area (Å²) in [6.07, 6.45) is 2.44. The number of phenols is 1. The Hall–Kier alpha value is -3.34. The van der Waals surface area contributed by atoms with E-state index in [0.717, 1.165) is 22.8 Å². The van der Waals surface area contributed by atoms with Crippen LogP contribution in [0.1, 0.15) is 37.3 Å². The standard InChI is InChI=1S/C23H24N2O3/c1-3-16(2)18-9-6-7-11-22(18)28-15-23(27)25-24-14-20-19-10-5-4-8-17(19)12-13-21(20)26/h4-14,16,26H,3,15H2,1-2H3,(H,25,27). The van der Waals surface area contributed by atoms with Gasteiger partial charge in [-0.3, -0.25) is 4.79 Å². The number of nitrogens with one attached hydrogen (secondary N) is 1. The summed E-state index contributed by atoms with van der Waals surface area (Å²) in [4.78, 5) is 12.1. The van der Waals surface area contributed by atoms with Crippen LogP contribution in [-0.4, -0.2) is 23.8 Å². The highest BCUT2D eigenvalue weighted by molar-refractivity contribution is 6.02. The highest BCUT2D eigenvalue weighted by Crippen LogP contribution is 2.28. The number of nitrogens with zero attached hydrogens (tertiary/aromatic N) is 1. The first-order chi connectivity index (χ1) is 13.6. The molecule has 0 heterocycles. The van der Waals surface area contributed by atoms with E-state index in [2.05, 4.69) is 24.4 Å². The lowest BCUT2D eigenvalue weighted by molar-refractivity contribution is -0.123. The monoisotopic (exact) mass is 376 g/mol. The van der Waals surface area contributed by atoms with Gasteiger partial charge in [0.25, 0.3) is 5.91 Å². The van der Waals surface area contributed by atoms with E-state index in [1.54, 1.807) is 6.07 Å². The Morgan fingerprint density at radius 2 is 1.89 bits per heavy atom. The molecule has 0 aliphatic heterocycles. The number of hydrazone groups is 1. The number of fused-ring (bicyclic) bond motifs is 1. The Bertz CT molecular complexity index is 998. The molecule has 0 radical (unpaired) electrons. The van der Waals surface area contributed by atoms with E-state index in [0.29, 0.717) is 17.2 Å². The predicted octanol–water partition coefficient (Wildman–Crippen LogP) is 4.59. The van der Waals surface area contributed by atoms with Crippen LogP contribution in [0.25, 0.3) is 10.8 Å². The number of carbonyl (C=O) groups excluding carboxylic acids is 1. The number of aromatic hydroxyl groups is 1. The maximum absolute atomic E-state index is 12.1. The molecule has 1 unspecified atom stereocenters. The maximum atomic E-state index is 12.1. The molecule has 5 heteroatoms. The zero-order valence-electron chi connectivity index (χ0n) is 16.1. The summed E-state index contributed by atoms with van der Waals surface area (Å²) in [6, 6.07) is 18.9. The van der Waals surface area contributed by atoms with Crippen LogP contribution in [0.5, 0.6) is 11.5 Å². The van der Waals surface area contributed by atoms with Crippen molar-refractivity contribution in [2.75, 3.05) is 6.61 Å². The molecule has 1 atom stereocenters. The van der Waals surface area contributed by atoms with Gasteiger partial charge in [-0.15, -0.1) is 0 Å². The van der Waals surface area contributed by atoms with Gasteiger partial charge in [0.05, 0.1) is 6.21 Å². The summed E-state index contributed by atoms with van der Waals surface area (Å²) in [7, 11) is 0. The maximum Gasteiger partial charge on any atom is 0.277 e. The molecule has 144 valence electrons. The first kappa shape index (κ1) is 19.4. The lowest BCUT2D eigenvalue weighted by atomic mass is 9.98. The third-order valence-electron chi connectivity index (χ3n) is 4.75. The Labute approximate surface area is 164 Å². The van der Waals surface area contributed by atoms with Crippen LogP contribution in [0.3, 0.4) is 0 Å². The zero-order valence-corrected chi connectivity index (χ0v) is 16.1. The number of amides is 1. The van der Waals surface area contributed by atoms with Gasteiger partial charge in [-0.2, -0.15) is 5.10 Å². The van der Waals surface area contributed by atoms with Crippen molar-refractivity contribution in [3.8, 4) is 11.5 Å². The Kier molecular flexibility index (Phi) is 6.27. The molecule has 0 fully saturated rings. The Balaban J connectivity index is 1.64. The minimum absolute atomic E-state index is 0.107. The molecule has 5 nitrogen and oxygen atoms in total. The van der Waals surface area contributed by atoms with Gasteiger partial charge in [0.2, 0.25) is 0 Å². The molecule has 0 saturated heterocycles. The van der Waals surface area contributed by atoms with Crippen molar-refractivity contribution in [3.63, 3.8) is 0 Å². The van der Waals surface area contributed by atoms with Crippen molar-refractivity contribution in [2.24, 2.45) is 5.10 Å². The minimum Gasteiger partial charge on any atom is -0.507 e. The van der Waals surface area contributed by atoms with Crippen molar-refractivity contribution >= 4 is 22.9 Å². The fraction of sp³-hybridized carbons (Fsp3) is 0.217. The minimum atomic E-state index is -0.366. The number of ether oxygens (including phenoxy) is 1. The summed E-state index contributed by atoms with van der Waals surface area (Å²) in [5, 5.41) is 15.9. The molecule has 3 aromatic rings. The van der Waals surface area contributed by atoms with Gasteiger partial charge in [0.1, 0.15) is 11.5 Å². The lowest BCUT2D eigenvalue weighted by Gasteiger charge is -2.15. The molecule has 2 N–H and O–H groups in total. The second-order valence-electron chi connectivity index (χ2n) is 6.65. The van der Waals surface area contributed by atoms with E-state index in [9.17, 15) is 9.90 Å². The molecule has 28 heavy (non-hydrogen) atoms. The van der Waals surface area contributed by atoms with Crippen molar-refractivity contribution in [1.29, 1.82) is 0 Å². The predicted molar refractivity (Wildman–Crippen MR) is 112 cm³/mol. The van der Waals surface area contributed by atoms with E-state index in [1.807, 2.05) is 54.6 Å². The van der Waals surface area contributed by atoms with Crippen molar-refractivity contribution in [1.82, 2.24) is 5.43 Å². The number of rotatable bonds is 7. The molecule has 1 amide bonds. The SMILES string of the molecule is CCC(C)c1ccccc1OCC(=O)NN=Cc1c(O)ccc2ccccc12. The number of carbonyl (C=O) groups is 1. The molecule has 0 saturated carbocycles. The molecule has 0 bridgehead atoms. The van der Waals surface area contributed by atoms with Gasteiger partial charge in [-0.1, -0.05) is 62.4 Å². The van der Waals surface area contributed by atoms with Crippen molar-refractivity contribution in [2.45, 2.75) is 26.2 Å². The molecule has 0 spiro atoms. The van der Waals surface area contributed by atoms with E-state index < -0.39 is 0 Å². The number of hydrogen-bond donors (Lipinski definition) is 2. The highest BCUT2D eigenvalue weighted by atomic mass is 16.5. The fourth-order valence-corrected chi connectivity index (χ4v) is 3.00. The van der Waals surface area contributed by atoms with Gasteiger partial charge in [0, 0.05) is 5.56 Å². The molecule has 3 rings (SSSR count). The summed E-state index contributed by atoms with van der Waals surface area (Å²) < 4.78 is 5.68. The van der Waals surface area contributed by atoms with Crippen LogP contribution in [-0.2, 0) is 4.79 Å². The lowest BCUT2D eigenvalue weighted by Crippen LogP contribution is -2.25. The topological polar surface area (TPSA) is 70.9 Å². The third-order valence-corrected chi connectivity index (χ3v) is 4.75. The number of para-hydroxylation sites is 1. The van der Waals surface area contributed by atoms with Gasteiger partial charge in [0.15, 0.2) is 6.61 Å². The Morgan fingerprint density at radius 1 is 1.14 bits per heavy atom. The van der Waals surface area contributed by atoms with Gasteiger partial charge in [-0.25, -0.2) is 5.43 Å². The van der Waals surface area contributed by atoms with Gasteiger partial charge < -0.3 is 9.84 Å². The van der Waals surface area contributed by atoms with Crippen LogP contribution in [0.2, 0.25) is 0 Å². The first-order valence-electron chi connectivity index (χ1n) is 9.34. The van der Waals surface area contributed by atoms with E-state index in [-0.39, 0.29) is 18.3 Å². The normalized spacial score (nSPS) is 12.2. The van der Waals surface area contributed by atoms with Gasteiger partial charge >= 0.3 is 0 Å². The van der Waals surface area contributed by atoms with Crippen LogP contribution < -0.4 is 10.2 Å². The smallest absolute Gasteiger partial charge is 0.277 e. The zero-order chi connectivity index (χ0) is 19.9. The van der Waals surface area contributed by atoms with Crippen molar-refractivity contribution < 1.29 is 14.6 Å². The number of benzene rings is 3. The molecule has 0 aliphatic rings. The highest BCUT2D eigenvalue weighted by Gasteiger charge is 2.11. The first-order valence-corrected chi connectivity index (χ1v) is 9.34. The fourth-order valence-electron chi connectivity index (χ4n) is 3.00. The second-order valence-corrected chi connectivity index (χ2v) is 6.65. The second kappa shape index (κ2) is 9.04. The molecule has 3 aromatic carbocycles. The van der Waals surface area contributed by atoms with E-state index in [1.165, 1.54) is 6.21 Å². The number of phenolic OH excluding ortho intramolecular Hbond substituents is 1. The van der Waals surface area contributed by atoms with Crippen LogP contribution in [0.4, 0.5) is 0 Å².